The number of aliphatic imine (C=N–C) groups is 1. The van der Waals surface area contributed by atoms with Gasteiger partial charge in [0.2, 0.25) is 0 Å². The number of rotatable bonds is 4. The molecule has 0 spiro atoms. The minimum atomic E-state index is 0. The predicted octanol–water partition coefficient (Wildman–Crippen LogP) is 3.83. The van der Waals surface area contributed by atoms with E-state index in [0.717, 1.165) is 25.6 Å². The SMILES string of the molecule is CN=C(NCc1cccc(N(C)C)c1)N1CCOC(c2ccccc2C)C1.I. The normalized spacial score (nSPS) is 17.1. The van der Waals surface area contributed by atoms with Crippen LogP contribution in [-0.2, 0) is 11.3 Å². The standard InChI is InChI=1S/C22H30N4O.HI/c1-17-8-5-6-11-20(17)21-16-26(12-13-27-21)22(23-2)24-15-18-9-7-10-19(14-18)25(3)4;/h5-11,14,21H,12-13,15-16H2,1-4H3,(H,23,24);1H. The van der Waals surface area contributed by atoms with Crippen molar-refractivity contribution in [1.29, 1.82) is 0 Å². The molecule has 2 aromatic rings. The number of aryl methyl sites for hydroxylation is 1. The first-order valence-electron chi connectivity index (χ1n) is 9.47. The molecule has 28 heavy (non-hydrogen) atoms. The van der Waals surface area contributed by atoms with E-state index in [4.69, 9.17) is 4.74 Å². The maximum atomic E-state index is 6.04. The number of hydrogen-bond donors (Lipinski definition) is 1. The van der Waals surface area contributed by atoms with Gasteiger partial charge in [0.15, 0.2) is 5.96 Å². The fraction of sp³-hybridized carbons (Fsp3) is 0.409. The van der Waals surface area contributed by atoms with Crippen LogP contribution in [0.4, 0.5) is 5.69 Å². The first-order chi connectivity index (χ1) is 13.1. The fourth-order valence-corrected chi connectivity index (χ4v) is 3.44. The van der Waals surface area contributed by atoms with Crippen LogP contribution in [0.25, 0.3) is 0 Å². The van der Waals surface area contributed by atoms with Crippen LogP contribution >= 0.6 is 24.0 Å². The molecular formula is C22H31IN4O. The number of nitrogens with one attached hydrogen (secondary N) is 1. The van der Waals surface area contributed by atoms with Gasteiger partial charge in [0.1, 0.15) is 6.10 Å². The molecule has 1 saturated heterocycles. The Kier molecular flexibility index (Phi) is 8.57. The van der Waals surface area contributed by atoms with Gasteiger partial charge in [0, 0.05) is 39.9 Å². The summed E-state index contributed by atoms with van der Waals surface area (Å²) >= 11 is 0. The molecule has 0 saturated carbocycles. The molecule has 0 aliphatic carbocycles. The number of guanidine groups is 1. The van der Waals surface area contributed by atoms with E-state index in [1.165, 1.54) is 22.4 Å². The summed E-state index contributed by atoms with van der Waals surface area (Å²) in [5.74, 6) is 0.923. The van der Waals surface area contributed by atoms with Crippen LogP contribution in [0, 0.1) is 6.92 Å². The molecule has 1 atom stereocenters. The molecule has 152 valence electrons. The number of ether oxygens (including phenoxy) is 1. The predicted molar refractivity (Wildman–Crippen MR) is 128 cm³/mol. The van der Waals surface area contributed by atoms with Crippen molar-refractivity contribution in [3.63, 3.8) is 0 Å². The smallest absolute Gasteiger partial charge is 0.194 e. The molecule has 0 amide bonds. The average molecular weight is 494 g/mol. The number of hydrogen-bond acceptors (Lipinski definition) is 3. The van der Waals surface area contributed by atoms with Gasteiger partial charge < -0.3 is 19.9 Å². The van der Waals surface area contributed by atoms with Crippen LogP contribution < -0.4 is 10.2 Å². The Morgan fingerprint density at radius 2 is 2.00 bits per heavy atom. The molecule has 2 aromatic carbocycles. The molecule has 0 aromatic heterocycles. The number of benzene rings is 2. The molecule has 1 heterocycles. The van der Waals surface area contributed by atoms with Crippen LogP contribution in [0.3, 0.4) is 0 Å². The van der Waals surface area contributed by atoms with Gasteiger partial charge in [-0.05, 0) is 35.7 Å². The van der Waals surface area contributed by atoms with E-state index in [0.29, 0.717) is 6.61 Å². The molecule has 1 fully saturated rings. The van der Waals surface area contributed by atoms with E-state index in [2.05, 4.69) is 89.7 Å². The summed E-state index contributed by atoms with van der Waals surface area (Å²) in [6, 6.07) is 17.0. The van der Waals surface area contributed by atoms with Crippen molar-refractivity contribution in [2.45, 2.75) is 19.6 Å². The van der Waals surface area contributed by atoms with Gasteiger partial charge in [-0.1, -0.05) is 36.4 Å². The summed E-state index contributed by atoms with van der Waals surface area (Å²) in [5.41, 5.74) is 4.98. The first kappa shape index (κ1) is 22.5. The monoisotopic (exact) mass is 494 g/mol. The zero-order chi connectivity index (χ0) is 19.2. The summed E-state index contributed by atoms with van der Waals surface area (Å²) in [6.07, 6.45) is 0.0792. The minimum Gasteiger partial charge on any atom is -0.378 e. The van der Waals surface area contributed by atoms with E-state index in [1.807, 2.05) is 7.05 Å². The van der Waals surface area contributed by atoms with Crippen molar-refractivity contribution in [2.24, 2.45) is 4.99 Å². The van der Waals surface area contributed by atoms with E-state index in [-0.39, 0.29) is 30.1 Å². The molecule has 5 nitrogen and oxygen atoms in total. The van der Waals surface area contributed by atoms with Crippen LogP contribution in [0.5, 0.6) is 0 Å². The summed E-state index contributed by atoms with van der Waals surface area (Å²) in [6.45, 7) is 5.25. The number of nitrogens with zero attached hydrogens (tertiary/aromatic N) is 3. The summed E-state index contributed by atoms with van der Waals surface area (Å²) < 4.78 is 6.04. The lowest BCUT2D eigenvalue weighted by Crippen LogP contribution is -2.48. The van der Waals surface area contributed by atoms with Gasteiger partial charge >= 0.3 is 0 Å². The second kappa shape index (κ2) is 10.7. The van der Waals surface area contributed by atoms with Crippen molar-refractivity contribution >= 4 is 35.6 Å². The van der Waals surface area contributed by atoms with Crippen molar-refractivity contribution in [2.75, 3.05) is 45.7 Å². The lowest BCUT2D eigenvalue weighted by atomic mass is 10.0. The molecule has 3 rings (SSSR count). The topological polar surface area (TPSA) is 40.1 Å². The molecular weight excluding hydrogens is 463 g/mol. The van der Waals surface area contributed by atoms with E-state index in [1.54, 1.807) is 0 Å². The van der Waals surface area contributed by atoms with E-state index >= 15 is 0 Å². The van der Waals surface area contributed by atoms with Crippen LogP contribution in [-0.4, -0.2) is 51.7 Å². The Hall–Kier alpha value is -1.80. The molecule has 1 aliphatic rings. The molecule has 6 heteroatoms. The summed E-state index contributed by atoms with van der Waals surface area (Å²) in [4.78, 5) is 8.91. The first-order valence-corrected chi connectivity index (χ1v) is 9.47. The van der Waals surface area contributed by atoms with Gasteiger partial charge in [0.05, 0.1) is 13.2 Å². The van der Waals surface area contributed by atoms with Gasteiger partial charge in [-0.3, -0.25) is 4.99 Å². The lowest BCUT2D eigenvalue weighted by molar-refractivity contribution is -0.00833. The van der Waals surface area contributed by atoms with Gasteiger partial charge in [0.25, 0.3) is 0 Å². The maximum Gasteiger partial charge on any atom is 0.194 e. The van der Waals surface area contributed by atoms with Gasteiger partial charge in [-0.25, -0.2) is 0 Å². The van der Waals surface area contributed by atoms with Crippen molar-refractivity contribution in [3.05, 3.63) is 65.2 Å². The minimum absolute atomic E-state index is 0. The Balaban J connectivity index is 0.00000280. The highest BCUT2D eigenvalue weighted by molar-refractivity contribution is 14.0. The average Bonchev–Trinajstić information content (AvgIpc) is 2.69. The quantitative estimate of drug-likeness (QED) is 0.399. The van der Waals surface area contributed by atoms with Crippen LogP contribution in [0.2, 0.25) is 0 Å². The lowest BCUT2D eigenvalue weighted by Gasteiger charge is -2.35. The number of halogens is 1. The van der Waals surface area contributed by atoms with Crippen LogP contribution in [0.1, 0.15) is 22.8 Å². The Morgan fingerprint density at radius 3 is 2.71 bits per heavy atom. The van der Waals surface area contributed by atoms with Crippen molar-refractivity contribution < 1.29 is 4.74 Å². The molecule has 1 aliphatic heterocycles. The second-order valence-corrected chi connectivity index (χ2v) is 7.13. The third-order valence-electron chi connectivity index (χ3n) is 4.99. The Morgan fingerprint density at radius 1 is 1.21 bits per heavy atom. The number of morpholine rings is 1. The molecule has 0 bridgehead atoms. The Labute approximate surface area is 185 Å². The summed E-state index contributed by atoms with van der Waals surface area (Å²) in [5, 5.41) is 3.51. The number of anilines is 1. The highest BCUT2D eigenvalue weighted by atomic mass is 127. The highest BCUT2D eigenvalue weighted by Crippen LogP contribution is 2.25. The summed E-state index contributed by atoms with van der Waals surface area (Å²) in [7, 11) is 5.96. The van der Waals surface area contributed by atoms with Gasteiger partial charge in [-0.15, -0.1) is 24.0 Å². The Bertz CT molecular complexity index is 794. The molecule has 0 radical (unpaired) electrons. The fourth-order valence-electron chi connectivity index (χ4n) is 3.44. The van der Waals surface area contributed by atoms with E-state index < -0.39 is 0 Å². The largest absolute Gasteiger partial charge is 0.378 e. The molecule has 1 unspecified atom stereocenters. The van der Waals surface area contributed by atoms with E-state index in [9.17, 15) is 0 Å². The van der Waals surface area contributed by atoms with Gasteiger partial charge in [-0.2, -0.15) is 0 Å². The second-order valence-electron chi connectivity index (χ2n) is 7.13. The van der Waals surface area contributed by atoms with Crippen molar-refractivity contribution in [1.82, 2.24) is 10.2 Å². The third kappa shape index (κ3) is 5.61. The zero-order valence-electron chi connectivity index (χ0n) is 17.2. The van der Waals surface area contributed by atoms with Crippen molar-refractivity contribution in [3.8, 4) is 0 Å². The maximum absolute atomic E-state index is 6.04. The third-order valence-corrected chi connectivity index (χ3v) is 4.99. The van der Waals surface area contributed by atoms with Crippen LogP contribution in [0.15, 0.2) is 53.5 Å². The zero-order valence-corrected chi connectivity index (χ0v) is 19.5. The highest BCUT2D eigenvalue weighted by Gasteiger charge is 2.25. The molecule has 1 N–H and O–H groups in total.